The van der Waals surface area contributed by atoms with Gasteiger partial charge < -0.3 is 4.57 Å². The van der Waals surface area contributed by atoms with E-state index in [-0.39, 0.29) is 11.7 Å². The Morgan fingerprint density at radius 2 is 1.64 bits per heavy atom. The van der Waals surface area contributed by atoms with Gasteiger partial charge in [0, 0.05) is 17.1 Å². The molecule has 166 valence electrons. The maximum Gasteiger partial charge on any atom is 0.250 e. The largest absolute Gasteiger partial charge is 0.302 e. The molecule has 4 rings (SSSR count). The number of aromatic nitrogens is 3. The Hall–Kier alpha value is -3.42. The fraction of sp³-hybridized carbons (Fsp3) is 0.120. The van der Waals surface area contributed by atoms with Gasteiger partial charge >= 0.3 is 0 Å². The number of carbonyl (C=O) groups is 1. The van der Waals surface area contributed by atoms with Crippen LogP contribution in [0.2, 0.25) is 5.02 Å². The third-order valence-electron chi connectivity index (χ3n) is 4.89. The van der Waals surface area contributed by atoms with Crippen molar-refractivity contribution in [2.24, 2.45) is 5.10 Å². The molecule has 0 aliphatic heterocycles. The van der Waals surface area contributed by atoms with Crippen LogP contribution in [-0.2, 0) is 11.3 Å². The quantitative estimate of drug-likeness (QED) is 0.207. The van der Waals surface area contributed by atoms with Crippen LogP contribution in [0.25, 0.3) is 22.5 Å². The predicted octanol–water partition coefficient (Wildman–Crippen LogP) is 5.53. The van der Waals surface area contributed by atoms with Crippen molar-refractivity contribution in [2.75, 3.05) is 5.75 Å². The van der Waals surface area contributed by atoms with Crippen molar-refractivity contribution < 1.29 is 4.79 Å². The number of nitrogens with zero attached hydrogens (tertiary/aromatic N) is 4. The van der Waals surface area contributed by atoms with Crippen LogP contribution in [-0.4, -0.2) is 32.6 Å². The van der Waals surface area contributed by atoms with Crippen molar-refractivity contribution in [3.63, 3.8) is 0 Å². The van der Waals surface area contributed by atoms with Crippen LogP contribution in [0, 0.1) is 0 Å². The summed E-state index contributed by atoms with van der Waals surface area (Å²) in [5, 5.41) is 13.9. The molecule has 3 aromatic carbocycles. The first-order chi connectivity index (χ1) is 16.1. The number of hydrazone groups is 1. The Bertz CT molecular complexity index is 1240. The standard InChI is InChI=1S/C25H22ClN5OS/c1-2-31-24(21-12-14-22(26)15-13-21)29-30-25(31)33-17-23(32)28-27-16-18-8-10-20(11-9-18)19-6-4-3-5-7-19/h3-16H,2,17H2,1H3,(H,28,32)/b27-16+. The molecule has 0 saturated heterocycles. The molecule has 0 fully saturated rings. The molecule has 0 spiro atoms. The molecule has 6 nitrogen and oxygen atoms in total. The summed E-state index contributed by atoms with van der Waals surface area (Å²) >= 11 is 7.29. The van der Waals surface area contributed by atoms with Crippen LogP contribution < -0.4 is 5.43 Å². The Labute approximate surface area is 201 Å². The number of hydrogen-bond acceptors (Lipinski definition) is 5. The highest BCUT2D eigenvalue weighted by atomic mass is 35.5. The van der Waals surface area contributed by atoms with Gasteiger partial charge in [0.05, 0.1) is 12.0 Å². The number of thioether (sulfide) groups is 1. The van der Waals surface area contributed by atoms with E-state index in [1.165, 1.54) is 11.8 Å². The predicted molar refractivity (Wildman–Crippen MR) is 134 cm³/mol. The second-order valence-corrected chi connectivity index (χ2v) is 8.51. The van der Waals surface area contributed by atoms with Crippen molar-refractivity contribution in [1.29, 1.82) is 0 Å². The normalized spacial score (nSPS) is 11.1. The van der Waals surface area contributed by atoms with E-state index in [0.717, 1.165) is 28.1 Å². The van der Waals surface area contributed by atoms with E-state index >= 15 is 0 Å². The van der Waals surface area contributed by atoms with Crippen LogP contribution in [0.4, 0.5) is 0 Å². The zero-order chi connectivity index (χ0) is 23.0. The van der Waals surface area contributed by atoms with Gasteiger partial charge in [-0.3, -0.25) is 4.79 Å². The number of rotatable bonds is 8. The molecule has 0 aliphatic carbocycles. The van der Waals surface area contributed by atoms with Crippen molar-refractivity contribution >= 4 is 35.5 Å². The van der Waals surface area contributed by atoms with Crippen LogP contribution in [0.3, 0.4) is 0 Å². The molecule has 0 unspecified atom stereocenters. The molecule has 4 aromatic rings. The topological polar surface area (TPSA) is 72.2 Å². The molecule has 0 atom stereocenters. The maximum atomic E-state index is 12.2. The van der Waals surface area contributed by atoms with Gasteiger partial charge in [-0.2, -0.15) is 5.10 Å². The highest BCUT2D eigenvalue weighted by Crippen LogP contribution is 2.25. The summed E-state index contributed by atoms with van der Waals surface area (Å²) in [6, 6.07) is 25.6. The molecule has 1 amide bonds. The third-order valence-corrected chi connectivity index (χ3v) is 6.11. The van der Waals surface area contributed by atoms with E-state index in [2.05, 4.69) is 32.9 Å². The Morgan fingerprint density at radius 1 is 0.970 bits per heavy atom. The summed E-state index contributed by atoms with van der Waals surface area (Å²) in [5.74, 6) is 0.716. The first-order valence-electron chi connectivity index (χ1n) is 10.4. The van der Waals surface area contributed by atoms with Crippen LogP contribution in [0.5, 0.6) is 0 Å². The lowest BCUT2D eigenvalue weighted by atomic mass is 10.0. The van der Waals surface area contributed by atoms with Crippen LogP contribution >= 0.6 is 23.4 Å². The molecule has 0 bridgehead atoms. The summed E-state index contributed by atoms with van der Waals surface area (Å²) in [5.41, 5.74) is 6.68. The number of halogens is 1. The van der Waals surface area contributed by atoms with Gasteiger partial charge in [-0.1, -0.05) is 78.0 Å². The fourth-order valence-electron chi connectivity index (χ4n) is 3.23. The van der Waals surface area contributed by atoms with Crippen LogP contribution in [0.1, 0.15) is 12.5 Å². The maximum absolute atomic E-state index is 12.2. The van der Waals surface area contributed by atoms with E-state index in [9.17, 15) is 4.79 Å². The monoisotopic (exact) mass is 475 g/mol. The number of nitrogens with one attached hydrogen (secondary N) is 1. The molecule has 1 N–H and O–H groups in total. The lowest BCUT2D eigenvalue weighted by Gasteiger charge is -2.07. The average Bonchev–Trinajstić information content (AvgIpc) is 3.27. The first-order valence-corrected chi connectivity index (χ1v) is 11.8. The minimum Gasteiger partial charge on any atom is -0.302 e. The summed E-state index contributed by atoms with van der Waals surface area (Å²) in [4.78, 5) is 12.2. The van der Waals surface area contributed by atoms with Gasteiger partial charge in [-0.25, -0.2) is 5.43 Å². The number of carbonyl (C=O) groups excluding carboxylic acids is 1. The van der Waals surface area contributed by atoms with E-state index in [1.807, 2.05) is 78.2 Å². The summed E-state index contributed by atoms with van der Waals surface area (Å²) in [7, 11) is 0. The summed E-state index contributed by atoms with van der Waals surface area (Å²) in [6.07, 6.45) is 1.63. The molecule has 1 aromatic heterocycles. The van der Waals surface area contributed by atoms with Crippen molar-refractivity contribution in [2.45, 2.75) is 18.6 Å². The lowest BCUT2D eigenvalue weighted by molar-refractivity contribution is -0.118. The van der Waals surface area contributed by atoms with E-state index in [4.69, 9.17) is 11.6 Å². The molecule has 33 heavy (non-hydrogen) atoms. The van der Waals surface area contributed by atoms with E-state index in [1.54, 1.807) is 6.21 Å². The minimum atomic E-state index is -0.212. The molecular formula is C25H22ClN5OS. The molecule has 0 aliphatic rings. The first kappa shape index (κ1) is 22.8. The van der Waals surface area contributed by atoms with Gasteiger partial charge in [0.25, 0.3) is 5.91 Å². The summed E-state index contributed by atoms with van der Waals surface area (Å²) < 4.78 is 1.97. The summed E-state index contributed by atoms with van der Waals surface area (Å²) in [6.45, 7) is 2.70. The van der Waals surface area contributed by atoms with Gasteiger partial charge in [0.2, 0.25) is 0 Å². The van der Waals surface area contributed by atoms with Gasteiger partial charge in [0.15, 0.2) is 11.0 Å². The number of benzene rings is 3. The van der Waals surface area contributed by atoms with Crippen LogP contribution in [0.15, 0.2) is 89.1 Å². The van der Waals surface area contributed by atoms with E-state index < -0.39 is 0 Å². The molecular weight excluding hydrogens is 454 g/mol. The third kappa shape index (κ3) is 5.88. The Balaban J connectivity index is 1.31. The number of amides is 1. The van der Waals surface area contributed by atoms with Gasteiger partial charge in [0.1, 0.15) is 0 Å². The zero-order valence-corrected chi connectivity index (χ0v) is 19.6. The molecule has 0 saturated carbocycles. The molecule has 0 radical (unpaired) electrons. The highest BCUT2D eigenvalue weighted by molar-refractivity contribution is 7.99. The molecule has 8 heteroatoms. The Morgan fingerprint density at radius 3 is 2.33 bits per heavy atom. The smallest absolute Gasteiger partial charge is 0.250 e. The van der Waals surface area contributed by atoms with Crippen molar-refractivity contribution in [3.05, 3.63) is 89.4 Å². The molecule has 1 heterocycles. The van der Waals surface area contributed by atoms with Gasteiger partial charge in [-0.15, -0.1) is 10.2 Å². The SMILES string of the molecule is CCn1c(SCC(=O)N/N=C/c2ccc(-c3ccccc3)cc2)nnc1-c1ccc(Cl)cc1. The average molecular weight is 476 g/mol. The lowest BCUT2D eigenvalue weighted by Crippen LogP contribution is -2.20. The minimum absolute atomic E-state index is 0.184. The van der Waals surface area contributed by atoms with Crippen molar-refractivity contribution in [1.82, 2.24) is 20.2 Å². The van der Waals surface area contributed by atoms with Gasteiger partial charge in [-0.05, 0) is 47.9 Å². The van der Waals surface area contributed by atoms with Crippen molar-refractivity contribution in [3.8, 4) is 22.5 Å². The van der Waals surface area contributed by atoms with E-state index in [0.29, 0.717) is 16.7 Å². The fourth-order valence-corrected chi connectivity index (χ4v) is 4.15. The zero-order valence-electron chi connectivity index (χ0n) is 18.0. The Kier molecular flexibility index (Phi) is 7.55. The highest BCUT2D eigenvalue weighted by Gasteiger charge is 2.14. The number of hydrogen-bond donors (Lipinski definition) is 1. The second-order valence-electron chi connectivity index (χ2n) is 7.13. The second kappa shape index (κ2) is 10.9.